The van der Waals surface area contributed by atoms with Crippen LogP contribution in [0.2, 0.25) is 0 Å². The zero-order valence-corrected chi connectivity index (χ0v) is 19.5. The third-order valence-electron chi connectivity index (χ3n) is 5.78. The summed E-state index contributed by atoms with van der Waals surface area (Å²) in [6.07, 6.45) is 2.01. The molecule has 1 aromatic heterocycles. The molecule has 0 unspecified atom stereocenters. The Morgan fingerprint density at radius 2 is 1.74 bits per heavy atom. The molecule has 3 aromatic rings. The standard InChI is InChI=1S/C24H25F2N3O4S/c1-17-6-8-18(9-7-17)34(31,32)29-13-3-12-28(14-15-29)23(30)11-10-22-27-16-21(33-22)24-19(25)4-2-5-20(24)26/h2,4-9,16H,3,10-15H2,1H3. The Labute approximate surface area is 197 Å². The molecule has 0 radical (unpaired) electrons. The van der Waals surface area contributed by atoms with Gasteiger partial charge in [-0.05, 0) is 37.6 Å². The van der Waals surface area contributed by atoms with Crippen LogP contribution in [0.1, 0.15) is 24.3 Å². The van der Waals surface area contributed by atoms with Crippen LogP contribution in [0.5, 0.6) is 0 Å². The average molecular weight is 490 g/mol. The minimum absolute atomic E-state index is 0.0372. The molecule has 0 saturated carbocycles. The van der Waals surface area contributed by atoms with Crippen molar-refractivity contribution in [2.24, 2.45) is 0 Å². The molecule has 1 amide bonds. The lowest BCUT2D eigenvalue weighted by Gasteiger charge is -2.22. The summed E-state index contributed by atoms with van der Waals surface area (Å²) in [5.41, 5.74) is 0.679. The van der Waals surface area contributed by atoms with Crippen LogP contribution in [0.4, 0.5) is 8.78 Å². The zero-order valence-electron chi connectivity index (χ0n) is 18.7. The number of carbonyl (C=O) groups excluding carboxylic acids is 1. The fourth-order valence-corrected chi connectivity index (χ4v) is 5.36. The van der Waals surface area contributed by atoms with Crippen molar-refractivity contribution in [1.29, 1.82) is 0 Å². The van der Waals surface area contributed by atoms with Gasteiger partial charge in [0.25, 0.3) is 0 Å². The van der Waals surface area contributed by atoms with Crippen molar-refractivity contribution in [3.63, 3.8) is 0 Å². The maximum absolute atomic E-state index is 13.9. The van der Waals surface area contributed by atoms with E-state index < -0.39 is 21.7 Å². The number of nitrogens with zero attached hydrogens (tertiary/aromatic N) is 3. The van der Waals surface area contributed by atoms with Crippen molar-refractivity contribution in [3.8, 4) is 11.3 Å². The van der Waals surface area contributed by atoms with Gasteiger partial charge < -0.3 is 9.32 Å². The van der Waals surface area contributed by atoms with Crippen molar-refractivity contribution in [2.45, 2.75) is 31.1 Å². The van der Waals surface area contributed by atoms with Gasteiger partial charge in [0.05, 0.1) is 16.7 Å². The number of benzene rings is 2. The molecule has 0 atom stereocenters. The number of aryl methyl sites for hydroxylation is 2. The minimum Gasteiger partial charge on any atom is -0.441 e. The SMILES string of the molecule is Cc1ccc(S(=O)(=O)N2CCCN(C(=O)CCc3ncc(-c4c(F)cccc4F)o3)CC2)cc1. The van der Waals surface area contributed by atoms with Crippen molar-refractivity contribution in [2.75, 3.05) is 26.2 Å². The van der Waals surface area contributed by atoms with E-state index in [1.807, 2.05) is 6.92 Å². The molecule has 34 heavy (non-hydrogen) atoms. The number of amides is 1. The second kappa shape index (κ2) is 10.0. The van der Waals surface area contributed by atoms with Gasteiger partial charge in [-0.2, -0.15) is 4.31 Å². The molecule has 0 bridgehead atoms. The van der Waals surface area contributed by atoms with E-state index in [1.54, 1.807) is 29.2 Å². The van der Waals surface area contributed by atoms with Crippen LogP contribution in [-0.2, 0) is 21.2 Å². The molecule has 1 aliphatic rings. The molecule has 7 nitrogen and oxygen atoms in total. The molecule has 2 aromatic carbocycles. The highest BCUT2D eigenvalue weighted by Gasteiger charge is 2.28. The van der Waals surface area contributed by atoms with Crippen LogP contribution in [0.3, 0.4) is 0 Å². The molecule has 180 valence electrons. The molecule has 4 rings (SSSR count). The van der Waals surface area contributed by atoms with E-state index in [-0.39, 0.29) is 53.9 Å². The first kappa shape index (κ1) is 24.0. The highest BCUT2D eigenvalue weighted by Crippen LogP contribution is 2.27. The smallest absolute Gasteiger partial charge is 0.243 e. The third-order valence-corrected chi connectivity index (χ3v) is 7.69. The second-order valence-corrected chi connectivity index (χ2v) is 10.1. The minimum atomic E-state index is -3.63. The number of carbonyl (C=O) groups is 1. The van der Waals surface area contributed by atoms with E-state index in [0.717, 1.165) is 17.7 Å². The first-order valence-corrected chi connectivity index (χ1v) is 12.4. The lowest BCUT2D eigenvalue weighted by molar-refractivity contribution is -0.131. The topological polar surface area (TPSA) is 83.7 Å². The molecule has 2 heterocycles. The van der Waals surface area contributed by atoms with Crippen LogP contribution >= 0.6 is 0 Å². The fraction of sp³-hybridized carbons (Fsp3) is 0.333. The number of aromatic nitrogens is 1. The first-order valence-electron chi connectivity index (χ1n) is 11.0. The van der Waals surface area contributed by atoms with Crippen molar-refractivity contribution >= 4 is 15.9 Å². The van der Waals surface area contributed by atoms with Crippen molar-refractivity contribution in [3.05, 3.63) is 71.8 Å². The van der Waals surface area contributed by atoms with Gasteiger partial charge in [-0.15, -0.1) is 0 Å². The van der Waals surface area contributed by atoms with Crippen LogP contribution in [0.25, 0.3) is 11.3 Å². The van der Waals surface area contributed by atoms with Gasteiger partial charge in [-0.3, -0.25) is 4.79 Å². The number of oxazole rings is 1. The molecule has 1 aliphatic heterocycles. The maximum atomic E-state index is 13.9. The summed E-state index contributed by atoms with van der Waals surface area (Å²) in [5, 5.41) is 0. The maximum Gasteiger partial charge on any atom is 0.243 e. The summed E-state index contributed by atoms with van der Waals surface area (Å²) in [6.45, 7) is 3.15. The Bertz CT molecular complexity index is 1260. The van der Waals surface area contributed by atoms with Gasteiger partial charge in [0.15, 0.2) is 11.7 Å². The van der Waals surface area contributed by atoms with Crippen LogP contribution in [0.15, 0.2) is 58.0 Å². The predicted octanol–water partition coefficient (Wildman–Crippen LogP) is 3.78. The van der Waals surface area contributed by atoms with Crippen molar-refractivity contribution in [1.82, 2.24) is 14.2 Å². The summed E-state index contributed by atoms with van der Waals surface area (Å²) in [7, 11) is -3.63. The summed E-state index contributed by atoms with van der Waals surface area (Å²) >= 11 is 0. The highest BCUT2D eigenvalue weighted by atomic mass is 32.2. The average Bonchev–Trinajstić information content (AvgIpc) is 3.11. The summed E-state index contributed by atoms with van der Waals surface area (Å²) in [5.74, 6) is -1.51. The van der Waals surface area contributed by atoms with Gasteiger partial charge in [0, 0.05) is 39.0 Å². The number of sulfonamides is 1. The Balaban J connectivity index is 1.35. The van der Waals surface area contributed by atoms with Gasteiger partial charge in [-0.1, -0.05) is 23.8 Å². The molecule has 1 saturated heterocycles. The molecule has 0 aliphatic carbocycles. The second-order valence-electron chi connectivity index (χ2n) is 8.17. The molecule has 0 N–H and O–H groups in total. The summed E-state index contributed by atoms with van der Waals surface area (Å²) in [4.78, 5) is 18.6. The van der Waals surface area contributed by atoms with Gasteiger partial charge in [-0.25, -0.2) is 22.2 Å². The quantitative estimate of drug-likeness (QED) is 0.526. The van der Waals surface area contributed by atoms with E-state index in [4.69, 9.17) is 4.42 Å². The summed E-state index contributed by atoms with van der Waals surface area (Å²) in [6, 6.07) is 10.2. The Kier molecular flexibility index (Phi) is 7.08. The monoisotopic (exact) mass is 489 g/mol. The number of hydrogen-bond acceptors (Lipinski definition) is 5. The zero-order chi connectivity index (χ0) is 24.3. The molecular weight excluding hydrogens is 464 g/mol. The lowest BCUT2D eigenvalue weighted by atomic mass is 10.1. The van der Waals surface area contributed by atoms with Gasteiger partial charge >= 0.3 is 0 Å². The normalized spacial score (nSPS) is 15.3. The van der Waals surface area contributed by atoms with E-state index in [0.29, 0.717) is 19.5 Å². The number of hydrogen-bond donors (Lipinski definition) is 0. The molecule has 0 spiro atoms. The summed E-state index contributed by atoms with van der Waals surface area (Å²) < 4.78 is 60.7. The predicted molar refractivity (Wildman–Crippen MR) is 121 cm³/mol. The van der Waals surface area contributed by atoms with E-state index >= 15 is 0 Å². The third kappa shape index (κ3) is 5.18. The first-order chi connectivity index (χ1) is 16.3. The largest absolute Gasteiger partial charge is 0.441 e. The molecular formula is C24H25F2N3O4S. The lowest BCUT2D eigenvalue weighted by Crippen LogP contribution is -2.37. The van der Waals surface area contributed by atoms with Crippen LogP contribution in [0, 0.1) is 18.6 Å². The van der Waals surface area contributed by atoms with Crippen LogP contribution < -0.4 is 0 Å². The van der Waals surface area contributed by atoms with Gasteiger partial charge in [0.1, 0.15) is 11.6 Å². The Morgan fingerprint density at radius 1 is 1.03 bits per heavy atom. The van der Waals surface area contributed by atoms with E-state index in [2.05, 4.69) is 4.98 Å². The van der Waals surface area contributed by atoms with E-state index in [9.17, 15) is 22.0 Å². The molecule has 10 heteroatoms. The number of rotatable bonds is 6. The fourth-order valence-electron chi connectivity index (χ4n) is 3.89. The van der Waals surface area contributed by atoms with E-state index in [1.165, 1.54) is 16.6 Å². The van der Waals surface area contributed by atoms with Crippen molar-refractivity contribution < 1.29 is 26.4 Å². The highest BCUT2D eigenvalue weighted by molar-refractivity contribution is 7.89. The number of halogens is 2. The van der Waals surface area contributed by atoms with Gasteiger partial charge in [0.2, 0.25) is 15.9 Å². The van der Waals surface area contributed by atoms with Crippen LogP contribution in [-0.4, -0.2) is 54.7 Å². The Morgan fingerprint density at radius 3 is 2.44 bits per heavy atom. The Hall–Kier alpha value is -3.11. The molecule has 1 fully saturated rings.